The van der Waals surface area contributed by atoms with Crippen molar-refractivity contribution < 1.29 is 48.3 Å². The molecule has 0 spiro atoms. The first kappa shape index (κ1) is 67.1. The normalized spacial score (nSPS) is 22.4. The van der Waals surface area contributed by atoms with E-state index in [1.54, 1.807) is 12.1 Å². The molecule has 1 saturated heterocycles. The lowest BCUT2D eigenvalue weighted by atomic mass is 9.89. The number of aliphatic hydroxyl groups is 1. The molecule has 2 aromatic rings. The van der Waals surface area contributed by atoms with Crippen LogP contribution in [-0.2, 0) is 49.6 Å². The van der Waals surface area contributed by atoms with Crippen LogP contribution in [0.3, 0.4) is 0 Å². The Labute approximate surface area is 467 Å². The van der Waals surface area contributed by atoms with E-state index in [9.17, 15) is 48.3 Å². The fraction of sp³-hybridized carbons (Fsp3) is 0.638. The Morgan fingerprint density at radius 1 is 0.608 bits per heavy atom. The fourth-order valence-electron chi connectivity index (χ4n) is 9.63. The van der Waals surface area contributed by atoms with Crippen molar-refractivity contribution in [2.45, 2.75) is 180 Å². The predicted octanol–water partition coefficient (Wildman–Crippen LogP) is 1.68. The lowest BCUT2D eigenvalue weighted by Gasteiger charge is -2.28. The molecule has 2 aromatic carbocycles. The van der Waals surface area contributed by atoms with Gasteiger partial charge in [-0.1, -0.05) is 121 Å². The Morgan fingerprint density at radius 3 is 1.73 bits per heavy atom. The molecule has 21 heteroatoms. The first-order valence-corrected chi connectivity index (χ1v) is 28.5. The van der Waals surface area contributed by atoms with E-state index < -0.39 is 101 Å². The SMILES string of the molecule is CCCCCCC[C@@H](O)CC(=O)C[C@@H](CCN)C(=O)N[C@H]1CCNC(=O)[C@H](CC(C)C)CC(=O)[C@H](CN)NC(=O)[C@H](CCN)NC(=O)[C@H](CC(C)C)NC(=O)[C@@H](Cc2ccc(-c3ccccc3)cc2)NC(=O)[C@H](CCN)NC1=O. The van der Waals surface area contributed by atoms with E-state index in [2.05, 4.69) is 44.1 Å². The van der Waals surface area contributed by atoms with Crippen molar-refractivity contribution in [3.8, 4) is 11.1 Å². The molecule has 21 nitrogen and oxygen atoms in total. The Kier molecular flexibility index (Phi) is 30.8. The maximum atomic E-state index is 14.6. The van der Waals surface area contributed by atoms with Crippen LogP contribution < -0.4 is 60.2 Å². The number of carbonyl (C=O) groups is 9. The van der Waals surface area contributed by atoms with Crippen LogP contribution in [0.25, 0.3) is 11.1 Å². The summed E-state index contributed by atoms with van der Waals surface area (Å²) in [4.78, 5) is 127. The van der Waals surface area contributed by atoms with Crippen LogP contribution in [-0.4, -0.2) is 133 Å². The predicted molar refractivity (Wildman–Crippen MR) is 304 cm³/mol. The minimum Gasteiger partial charge on any atom is -0.393 e. The summed E-state index contributed by atoms with van der Waals surface area (Å²) >= 11 is 0. The van der Waals surface area contributed by atoms with E-state index in [4.69, 9.17) is 22.9 Å². The van der Waals surface area contributed by atoms with Crippen molar-refractivity contribution in [2.24, 2.45) is 46.6 Å². The molecular weight excluding hydrogens is 1010 g/mol. The van der Waals surface area contributed by atoms with Gasteiger partial charge in [-0.3, -0.25) is 43.2 Å². The number of rotatable bonds is 26. The zero-order valence-corrected chi connectivity index (χ0v) is 47.3. The van der Waals surface area contributed by atoms with Gasteiger partial charge in [-0.15, -0.1) is 0 Å². The first-order valence-electron chi connectivity index (χ1n) is 28.5. The topological polar surface area (TPSA) is 362 Å². The highest BCUT2D eigenvalue weighted by atomic mass is 16.3. The zero-order chi connectivity index (χ0) is 58.4. The van der Waals surface area contributed by atoms with Crippen molar-refractivity contribution in [3.05, 3.63) is 60.2 Å². The second kappa shape index (κ2) is 36.2. The van der Waals surface area contributed by atoms with E-state index in [1.807, 2.05) is 70.2 Å². The highest BCUT2D eigenvalue weighted by Gasteiger charge is 2.36. The molecule has 0 bridgehead atoms. The number of Topliss-reactive ketones (excluding diaryl/α,β-unsaturated/α-hetero) is 2. The van der Waals surface area contributed by atoms with Gasteiger partial charge in [-0.2, -0.15) is 0 Å². The largest absolute Gasteiger partial charge is 0.393 e. The highest BCUT2D eigenvalue weighted by Crippen LogP contribution is 2.22. The quantitative estimate of drug-likeness (QED) is 0.0597. The number of nitrogens with one attached hydrogen (secondary N) is 7. The number of ketones is 2. The molecule has 1 aliphatic heterocycles. The van der Waals surface area contributed by atoms with Crippen molar-refractivity contribution in [1.82, 2.24) is 37.2 Å². The second-order valence-electron chi connectivity index (χ2n) is 21.8. The lowest BCUT2D eigenvalue weighted by molar-refractivity contribution is -0.136. The van der Waals surface area contributed by atoms with E-state index >= 15 is 0 Å². The van der Waals surface area contributed by atoms with Crippen molar-refractivity contribution in [1.29, 1.82) is 0 Å². The number of aliphatic hydroxyl groups excluding tert-OH is 1. The average Bonchev–Trinajstić information content (AvgIpc) is 3.41. The lowest BCUT2D eigenvalue weighted by Crippen LogP contribution is -2.60. The van der Waals surface area contributed by atoms with Gasteiger partial charge in [-0.25, -0.2) is 0 Å². The maximum absolute atomic E-state index is 14.6. The van der Waals surface area contributed by atoms with Gasteiger partial charge in [-0.05, 0) is 93.1 Å². The average molecular weight is 1100 g/mol. The smallest absolute Gasteiger partial charge is 0.243 e. The summed E-state index contributed by atoms with van der Waals surface area (Å²) in [5.74, 6) is -8.22. The van der Waals surface area contributed by atoms with E-state index in [0.29, 0.717) is 12.0 Å². The standard InChI is InChI=1S/C58H93N11O10/c1-6-7-8-9-13-16-43(70)34-44(71)32-41(21-25-59)53(74)64-47-24-28-63-52(73)42(29-36(2)3)33-51(72)50(35-62)69-55(76)46(23-27-61)66-57(78)48(30-37(4)5)67-58(79)49(68-54(75)45(22-26-60)65-56(47)77)31-38-17-19-40(20-18-38)39-14-11-10-12-15-39/h10-12,14-15,17-20,36-37,41-43,45-50,70H,6-9,13,16,21-35,59-62H2,1-5H3,(H,63,73)(H,64,74)(H,65,77)(H,66,78)(H,67,79)(H,68,75)(H,69,76)/t41-,42-,43-,45+,46+,47+,48+,49-,50+/m1/s1. The van der Waals surface area contributed by atoms with E-state index in [1.165, 1.54) is 0 Å². The van der Waals surface area contributed by atoms with Crippen LogP contribution >= 0.6 is 0 Å². The minimum atomic E-state index is -1.42. The molecule has 1 heterocycles. The molecule has 0 radical (unpaired) electrons. The Morgan fingerprint density at radius 2 is 1.15 bits per heavy atom. The number of carbonyl (C=O) groups excluding carboxylic acids is 9. The summed E-state index contributed by atoms with van der Waals surface area (Å²) in [6, 6.07) is 9.05. The molecule has 1 fully saturated rings. The van der Waals surface area contributed by atoms with Crippen LogP contribution in [0.1, 0.15) is 136 Å². The molecule has 0 unspecified atom stereocenters. The van der Waals surface area contributed by atoms with Gasteiger partial charge in [0.25, 0.3) is 0 Å². The molecule has 7 amide bonds. The third kappa shape index (κ3) is 24.4. The van der Waals surface area contributed by atoms with Gasteiger partial charge in [0, 0.05) is 50.6 Å². The number of benzene rings is 2. The van der Waals surface area contributed by atoms with Crippen LogP contribution in [0.5, 0.6) is 0 Å². The van der Waals surface area contributed by atoms with E-state index in [-0.39, 0.29) is 115 Å². The molecule has 0 saturated carbocycles. The van der Waals surface area contributed by atoms with E-state index in [0.717, 1.165) is 43.2 Å². The summed E-state index contributed by atoms with van der Waals surface area (Å²) in [6.45, 7) is 8.83. The Hall–Kier alpha value is -6.13. The van der Waals surface area contributed by atoms with Gasteiger partial charge in [0.15, 0.2) is 5.78 Å². The van der Waals surface area contributed by atoms with Crippen LogP contribution in [0, 0.1) is 23.7 Å². The molecule has 1 aliphatic rings. The van der Waals surface area contributed by atoms with Crippen molar-refractivity contribution >= 4 is 52.9 Å². The molecule has 16 N–H and O–H groups in total. The monoisotopic (exact) mass is 1100 g/mol. The molecule has 440 valence electrons. The molecule has 0 aliphatic carbocycles. The summed E-state index contributed by atoms with van der Waals surface area (Å²) in [5.41, 5.74) is 26.4. The molecule has 9 atom stereocenters. The summed E-state index contributed by atoms with van der Waals surface area (Å²) in [6.07, 6.45) is 3.57. The minimum absolute atomic E-state index is 0.0186. The van der Waals surface area contributed by atoms with Crippen molar-refractivity contribution in [2.75, 3.05) is 32.7 Å². The van der Waals surface area contributed by atoms with Gasteiger partial charge in [0.1, 0.15) is 36.0 Å². The first-order chi connectivity index (χ1) is 37.7. The maximum Gasteiger partial charge on any atom is 0.243 e. The molecule has 3 rings (SSSR count). The molecular formula is C58H93N11O10. The fourth-order valence-corrected chi connectivity index (χ4v) is 9.63. The Bertz CT molecular complexity index is 2250. The number of nitrogens with two attached hydrogens (primary N) is 4. The van der Waals surface area contributed by atoms with Gasteiger partial charge >= 0.3 is 0 Å². The van der Waals surface area contributed by atoms with Crippen LogP contribution in [0.4, 0.5) is 0 Å². The highest BCUT2D eigenvalue weighted by molar-refractivity contribution is 5.98. The van der Waals surface area contributed by atoms with Crippen LogP contribution in [0.2, 0.25) is 0 Å². The molecule has 0 aromatic heterocycles. The van der Waals surface area contributed by atoms with Crippen molar-refractivity contribution in [3.63, 3.8) is 0 Å². The number of unbranched alkanes of at least 4 members (excludes halogenated alkanes) is 4. The summed E-state index contributed by atoms with van der Waals surface area (Å²) in [7, 11) is 0. The van der Waals surface area contributed by atoms with Crippen LogP contribution in [0.15, 0.2) is 54.6 Å². The number of hydrogen-bond acceptors (Lipinski definition) is 14. The molecule has 79 heavy (non-hydrogen) atoms. The summed E-state index contributed by atoms with van der Waals surface area (Å²) in [5, 5.41) is 29.8. The Balaban J connectivity index is 2.11. The summed E-state index contributed by atoms with van der Waals surface area (Å²) < 4.78 is 0. The van der Waals surface area contributed by atoms with Gasteiger partial charge < -0.3 is 65.3 Å². The third-order valence-corrected chi connectivity index (χ3v) is 14.0. The third-order valence-electron chi connectivity index (χ3n) is 14.0. The van der Waals surface area contributed by atoms with Gasteiger partial charge in [0.05, 0.1) is 12.1 Å². The van der Waals surface area contributed by atoms with Gasteiger partial charge in [0.2, 0.25) is 41.4 Å². The number of hydrogen-bond donors (Lipinski definition) is 12. The zero-order valence-electron chi connectivity index (χ0n) is 47.3. The second-order valence-corrected chi connectivity index (χ2v) is 21.8. The number of amides is 7.